The van der Waals surface area contributed by atoms with E-state index in [9.17, 15) is 13.2 Å². The molecule has 0 aliphatic rings. The standard InChI is InChI=1S/C12H4Cl2F3/c13-6-1-2-9(14)8(3-6)12-10(16)4-7(15)5-11(12)17/h1,3-5H. The van der Waals surface area contributed by atoms with Gasteiger partial charge in [-0.2, -0.15) is 0 Å². The van der Waals surface area contributed by atoms with Crippen molar-refractivity contribution in [2.45, 2.75) is 0 Å². The van der Waals surface area contributed by atoms with Crippen LogP contribution in [0.4, 0.5) is 13.2 Å². The van der Waals surface area contributed by atoms with E-state index in [-0.39, 0.29) is 15.6 Å². The molecular formula is C12H4Cl2F3. The molecule has 0 unspecified atom stereocenters. The van der Waals surface area contributed by atoms with Gasteiger partial charge >= 0.3 is 0 Å². The van der Waals surface area contributed by atoms with Gasteiger partial charge in [-0.1, -0.05) is 23.2 Å². The second-order valence-electron chi connectivity index (χ2n) is 3.29. The molecule has 0 N–H and O–H groups in total. The lowest BCUT2D eigenvalue weighted by Crippen LogP contribution is -1.93. The van der Waals surface area contributed by atoms with Crippen LogP contribution in [0.25, 0.3) is 11.1 Å². The quantitative estimate of drug-likeness (QED) is 0.696. The van der Waals surface area contributed by atoms with Crippen LogP contribution in [-0.4, -0.2) is 0 Å². The smallest absolute Gasteiger partial charge is 0.136 e. The minimum absolute atomic E-state index is 0.0128. The molecule has 0 saturated heterocycles. The zero-order valence-electron chi connectivity index (χ0n) is 8.20. The van der Waals surface area contributed by atoms with Crippen molar-refractivity contribution >= 4 is 23.2 Å². The van der Waals surface area contributed by atoms with Crippen molar-refractivity contribution in [3.05, 3.63) is 57.8 Å². The molecule has 1 radical (unpaired) electrons. The van der Waals surface area contributed by atoms with E-state index in [0.29, 0.717) is 12.1 Å². The third kappa shape index (κ3) is 2.40. The fourth-order valence-electron chi connectivity index (χ4n) is 1.43. The van der Waals surface area contributed by atoms with Gasteiger partial charge in [-0.3, -0.25) is 0 Å². The molecule has 0 heterocycles. The Balaban J connectivity index is 2.72. The van der Waals surface area contributed by atoms with E-state index in [4.69, 9.17) is 23.2 Å². The minimum atomic E-state index is -1.04. The van der Waals surface area contributed by atoms with Crippen LogP contribution in [0, 0.1) is 23.5 Å². The Morgan fingerprint density at radius 3 is 2.12 bits per heavy atom. The van der Waals surface area contributed by atoms with Gasteiger partial charge in [-0.25, -0.2) is 13.2 Å². The lowest BCUT2D eigenvalue weighted by Gasteiger charge is -2.07. The summed E-state index contributed by atoms with van der Waals surface area (Å²) in [7, 11) is 0. The summed E-state index contributed by atoms with van der Waals surface area (Å²) in [6.07, 6.45) is 0. The van der Waals surface area contributed by atoms with Crippen LogP contribution >= 0.6 is 23.2 Å². The van der Waals surface area contributed by atoms with Gasteiger partial charge in [-0.05, 0) is 12.1 Å². The van der Waals surface area contributed by atoms with Gasteiger partial charge < -0.3 is 0 Å². The van der Waals surface area contributed by atoms with Crippen molar-refractivity contribution in [3.63, 3.8) is 0 Å². The van der Waals surface area contributed by atoms with Crippen LogP contribution in [-0.2, 0) is 0 Å². The molecule has 0 aromatic heterocycles. The van der Waals surface area contributed by atoms with E-state index in [0.717, 1.165) is 0 Å². The highest BCUT2D eigenvalue weighted by molar-refractivity contribution is 6.35. The summed E-state index contributed by atoms with van der Waals surface area (Å²) in [5.74, 6) is -3.08. The maximum absolute atomic E-state index is 13.5. The summed E-state index contributed by atoms with van der Waals surface area (Å²) in [5, 5.41) is 0.242. The number of benzene rings is 2. The summed E-state index contributed by atoms with van der Waals surface area (Å²) < 4.78 is 39.8. The number of rotatable bonds is 1. The fourth-order valence-corrected chi connectivity index (χ4v) is 1.80. The van der Waals surface area contributed by atoms with Gasteiger partial charge in [0.15, 0.2) is 0 Å². The normalized spacial score (nSPS) is 10.6. The summed E-state index contributed by atoms with van der Waals surface area (Å²) in [5.41, 5.74) is -0.385. The van der Waals surface area contributed by atoms with Gasteiger partial charge in [-0.15, -0.1) is 0 Å². The fraction of sp³-hybridized carbons (Fsp3) is 0. The van der Waals surface area contributed by atoms with Crippen LogP contribution in [0.1, 0.15) is 0 Å². The van der Waals surface area contributed by atoms with Gasteiger partial charge in [0, 0.05) is 28.8 Å². The first-order valence-corrected chi connectivity index (χ1v) is 5.26. The molecule has 2 aromatic rings. The first-order valence-electron chi connectivity index (χ1n) is 4.50. The summed E-state index contributed by atoms with van der Waals surface area (Å²) >= 11 is 11.5. The maximum atomic E-state index is 13.5. The summed E-state index contributed by atoms with van der Waals surface area (Å²) in [6.45, 7) is 0. The van der Waals surface area contributed by atoms with Gasteiger partial charge in [0.1, 0.15) is 17.5 Å². The Morgan fingerprint density at radius 2 is 1.53 bits per heavy atom. The number of halogens is 5. The highest BCUT2D eigenvalue weighted by Gasteiger charge is 2.16. The average molecular weight is 276 g/mol. The average Bonchev–Trinajstić information content (AvgIpc) is 2.21. The van der Waals surface area contributed by atoms with E-state index >= 15 is 0 Å². The predicted molar refractivity (Wildman–Crippen MR) is 60.6 cm³/mol. The largest absolute Gasteiger partial charge is 0.207 e. The number of hydrogen-bond donors (Lipinski definition) is 0. The Morgan fingerprint density at radius 1 is 0.941 bits per heavy atom. The maximum Gasteiger partial charge on any atom is 0.136 e. The zero-order chi connectivity index (χ0) is 12.6. The first kappa shape index (κ1) is 12.3. The van der Waals surface area contributed by atoms with Crippen molar-refractivity contribution in [1.29, 1.82) is 0 Å². The van der Waals surface area contributed by atoms with Crippen molar-refractivity contribution in [2.24, 2.45) is 0 Å². The third-order valence-electron chi connectivity index (χ3n) is 2.13. The van der Waals surface area contributed by atoms with E-state index < -0.39 is 23.0 Å². The molecule has 2 aromatic carbocycles. The molecular weight excluding hydrogens is 272 g/mol. The zero-order valence-corrected chi connectivity index (χ0v) is 9.71. The van der Waals surface area contributed by atoms with E-state index in [2.05, 4.69) is 6.07 Å². The highest BCUT2D eigenvalue weighted by atomic mass is 35.5. The van der Waals surface area contributed by atoms with Crippen molar-refractivity contribution < 1.29 is 13.2 Å². The molecule has 0 nitrogen and oxygen atoms in total. The molecule has 87 valence electrons. The molecule has 0 fully saturated rings. The predicted octanol–water partition coefficient (Wildman–Crippen LogP) is 4.88. The number of hydrogen-bond acceptors (Lipinski definition) is 0. The van der Waals surface area contributed by atoms with E-state index in [1.54, 1.807) is 0 Å². The first-order chi connectivity index (χ1) is 7.99. The molecule has 0 bridgehead atoms. The topological polar surface area (TPSA) is 0 Å². The molecule has 0 amide bonds. The summed E-state index contributed by atoms with van der Waals surface area (Å²) in [6, 6.07) is 6.36. The lowest BCUT2D eigenvalue weighted by molar-refractivity contribution is 0.548. The summed E-state index contributed by atoms with van der Waals surface area (Å²) in [4.78, 5) is 0. The van der Waals surface area contributed by atoms with Crippen LogP contribution < -0.4 is 0 Å². The minimum Gasteiger partial charge on any atom is -0.207 e. The van der Waals surface area contributed by atoms with Crippen LogP contribution in [0.3, 0.4) is 0 Å². The molecule has 0 aliphatic heterocycles. The third-order valence-corrected chi connectivity index (χ3v) is 2.66. The van der Waals surface area contributed by atoms with Crippen LogP contribution in [0.5, 0.6) is 0 Å². The van der Waals surface area contributed by atoms with E-state index in [1.165, 1.54) is 12.1 Å². The molecule has 0 atom stereocenters. The SMILES string of the molecule is Fc1cc(F)c(-c2cc(Cl)c[c]c2Cl)c(F)c1. The van der Waals surface area contributed by atoms with Crippen molar-refractivity contribution in [3.8, 4) is 11.1 Å². The second kappa shape index (κ2) is 4.59. The Labute approximate surface area is 106 Å². The molecule has 0 spiro atoms. The molecule has 2 rings (SSSR count). The molecule has 17 heavy (non-hydrogen) atoms. The molecule has 0 saturated carbocycles. The van der Waals surface area contributed by atoms with E-state index in [1.807, 2.05) is 0 Å². The molecule has 5 heteroatoms. The molecule has 0 aliphatic carbocycles. The van der Waals surface area contributed by atoms with Gasteiger partial charge in [0.2, 0.25) is 0 Å². The lowest BCUT2D eigenvalue weighted by atomic mass is 10.0. The Hall–Kier alpha value is -1.19. The van der Waals surface area contributed by atoms with Crippen LogP contribution in [0.2, 0.25) is 10.0 Å². The Kier molecular flexibility index (Phi) is 3.31. The van der Waals surface area contributed by atoms with Gasteiger partial charge in [0.05, 0.1) is 10.6 Å². The van der Waals surface area contributed by atoms with Gasteiger partial charge in [0.25, 0.3) is 0 Å². The second-order valence-corrected chi connectivity index (χ2v) is 4.10. The van der Waals surface area contributed by atoms with Crippen LogP contribution in [0.15, 0.2) is 24.3 Å². The monoisotopic (exact) mass is 275 g/mol. The van der Waals surface area contributed by atoms with Crippen molar-refractivity contribution in [1.82, 2.24) is 0 Å². The Bertz CT molecular complexity index is 559. The highest BCUT2D eigenvalue weighted by Crippen LogP contribution is 2.34. The van der Waals surface area contributed by atoms with Crippen molar-refractivity contribution in [2.75, 3.05) is 0 Å².